The zero-order valence-corrected chi connectivity index (χ0v) is 17.6. The van der Waals surface area contributed by atoms with Crippen molar-refractivity contribution in [2.45, 2.75) is 45.2 Å². The Bertz CT molecular complexity index is 969. The number of amides is 1. The average Bonchev–Trinajstić information content (AvgIpc) is 3.61. The van der Waals surface area contributed by atoms with Gasteiger partial charge in [0.05, 0.1) is 6.04 Å². The number of carbonyl (C=O) groups excluding carboxylic acids is 1. The third kappa shape index (κ3) is 3.49. The van der Waals surface area contributed by atoms with Gasteiger partial charge in [-0.1, -0.05) is 19.1 Å². The smallest absolute Gasteiger partial charge is 0.224 e. The van der Waals surface area contributed by atoms with Crippen LogP contribution in [0.2, 0.25) is 0 Å². The van der Waals surface area contributed by atoms with E-state index >= 15 is 0 Å². The third-order valence-corrected chi connectivity index (χ3v) is 6.71. The van der Waals surface area contributed by atoms with Crippen LogP contribution in [-0.2, 0) is 4.79 Å². The Hall–Kier alpha value is -2.73. The van der Waals surface area contributed by atoms with Crippen molar-refractivity contribution >= 4 is 23.1 Å². The first kappa shape index (κ1) is 19.2. The van der Waals surface area contributed by atoms with Gasteiger partial charge in [-0.2, -0.15) is 0 Å². The molecule has 2 aliphatic heterocycles. The molecule has 1 saturated carbocycles. The Morgan fingerprint density at radius 3 is 2.70 bits per heavy atom. The lowest BCUT2D eigenvalue weighted by Crippen LogP contribution is -2.51. The van der Waals surface area contributed by atoms with Gasteiger partial charge in [0.1, 0.15) is 0 Å². The SMILES string of the molecule is CC(=O)N1c2ccc(C3=CCNCC3)cc2[C@H](Nc2ncccn2)[C@@H](C)[C@@H]1C1CC1. The predicted octanol–water partition coefficient (Wildman–Crippen LogP) is 3.79. The molecule has 0 radical (unpaired) electrons. The molecule has 0 saturated heterocycles. The number of hydrogen-bond acceptors (Lipinski definition) is 5. The molecular weight excluding hydrogens is 374 g/mol. The fraction of sp³-hybridized carbons (Fsp3) is 0.458. The molecule has 1 aromatic carbocycles. The van der Waals surface area contributed by atoms with Crippen LogP contribution in [0, 0.1) is 11.8 Å². The maximum absolute atomic E-state index is 12.8. The molecule has 156 valence electrons. The summed E-state index contributed by atoms with van der Waals surface area (Å²) in [6, 6.07) is 8.71. The number of aromatic nitrogens is 2. The molecule has 0 spiro atoms. The number of nitrogens with one attached hydrogen (secondary N) is 2. The second-order valence-corrected chi connectivity index (χ2v) is 8.73. The molecule has 1 amide bonds. The molecule has 2 aromatic rings. The van der Waals surface area contributed by atoms with Crippen LogP contribution in [0.25, 0.3) is 5.57 Å². The number of benzene rings is 1. The van der Waals surface area contributed by atoms with Gasteiger partial charge < -0.3 is 15.5 Å². The molecule has 0 bridgehead atoms. The number of anilines is 2. The summed E-state index contributed by atoms with van der Waals surface area (Å²) in [5, 5.41) is 6.98. The summed E-state index contributed by atoms with van der Waals surface area (Å²) < 4.78 is 0. The van der Waals surface area contributed by atoms with E-state index in [9.17, 15) is 4.79 Å². The summed E-state index contributed by atoms with van der Waals surface area (Å²) in [5.41, 5.74) is 4.82. The minimum absolute atomic E-state index is 0.0610. The molecule has 0 unspecified atom stereocenters. The molecule has 6 heteroatoms. The molecule has 1 fully saturated rings. The molecule has 6 nitrogen and oxygen atoms in total. The average molecular weight is 404 g/mol. The maximum Gasteiger partial charge on any atom is 0.224 e. The molecule has 5 rings (SSSR count). The second-order valence-electron chi connectivity index (χ2n) is 8.73. The van der Waals surface area contributed by atoms with Gasteiger partial charge in [-0.25, -0.2) is 9.97 Å². The molecule has 30 heavy (non-hydrogen) atoms. The van der Waals surface area contributed by atoms with Crippen molar-refractivity contribution in [2.75, 3.05) is 23.3 Å². The van der Waals surface area contributed by atoms with Crippen LogP contribution in [0.3, 0.4) is 0 Å². The predicted molar refractivity (Wildman–Crippen MR) is 119 cm³/mol. The molecule has 1 aliphatic carbocycles. The summed E-state index contributed by atoms with van der Waals surface area (Å²) in [7, 11) is 0. The highest BCUT2D eigenvalue weighted by Crippen LogP contribution is 2.50. The van der Waals surface area contributed by atoms with Crippen LogP contribution < -0.4 is 15.5 Å². The number of fused-ring (bicyclic) bond motifs is 1. The summed E-state index contributed by atoms with van der Waals surface area (Å²) in [4.78, 5) is 23.6. The van der Waals surface area contributed by atoms with Crippen molar-refractivity contribution in [3.8, 4) is 0 Å². The van der Waals surface area contributed by atoms with Crippen LogP contribution in [0.5, 0.6) is 0 Å². The monoisotopic (exact) mass is 403 g/mol. The van der Waals surface area contributed by atoms with Gasteiger partial charge >= 0.3 is 0 Å². The Kier molecular flexibility index (Phi) is 5.03. The minimum Gasteiger partial charge on any atom is -0.347 e. The first-order chi connectivity index (χ1) is 14.6. The Morgan fingerprint density at radius 1 is 1.23 bits per heavy atom. The second kappa shape index (κ2) is 7.84. The Balaban J connectivity index is 1.61. The fourth-order valence-electron chi connectivity index (χ4n) is 5.16. The van der Waals surface area contributed by atoms with Gasteiger partial charge in [-0.15, -0.1) is 0 Å². The topological polar surface area (TPSA) is 70.2 Å². The van der Waals surface area contributed by atoms with E-state index in [-0.39, 0.29) is 23.9 Å². The highest BCUT2D eigenvalue weighted by Gasteiger charge is 2.47. The quantitative estimate of drug-likeness (QED) is 0.813. The normalized spacial score (nSPS) is 26.0. The summed E-state index contributed by atoms with van der Waals surface area (Å²) in [6.45, 7) is 5.87. The number of carbonyl (C=O) groups is 1. The summed E-state index contributed by atoms with van der Waals surface area (Å²) in [5.74, 6) is 1.60. The number of hydrogen-bond donors (Lipinski definition) is 2. The third-order valence-electron chi connectivity index (χ3n) is 6.71. The largest absolute Gasteiger partial charge is 0.347 e. The van der Waals surface area contributed by atoms with Crippen LogP contribution in [-0.4, -0.2) is 35.0 Å². The van der Waals surface area contributed by atoms with E-state index in [0.29, 0.717) is 11.9 Å². The van der Waals surface area contributed by atoms with Crippen molar-refractivity contribution in [2.24, 2.45) is 11.8 Å². The highest BCUT2D eigenvalue weighted by atomic mass is 16.2. The molecular formula is C24H29N5O. The van der Waals surface area contributed by atoms with E-state index in [1.54, 1.807) is 19.3 Å². The molecule has 2 N–H and O–H groups in total. The van der Waals surface area contributed by atoms with Crippen LogP contribution in [0.1, 0.15) is 50.3 Å². The number of rotatable bonds is 4. The van der Waals surface area contributed by atoms with Crippen molar-refractivity contribution < 1.29 is 4.79 Å². The van der Waals surface area contributed by atoms with Gasteiger partial charge in [-0.05, 0) is 66.6 Å². The summed E-state index contributed by atoms with van der Waals surface area (Å²) >= 11 is 0. The van der Waals surface area contributed by atoms with Crippen molar-refractivity contribution in [1.82, 2.24) is 15.3 Å². The standard InChI is InChI=1S/C24H29N5O/c1-15-22(28-24-26-10-3-11-27-24)20-14-19(17-8-12-25-13-9-17)6-7-21(20)29(16(2)30)23(15)18-4-5-18/h3,6-8,10-11,14-15,18,22-23,25H,4-5,9,12-13H2,1-2H3,(H,26,27,28)/t15-,22-,23-/m1/s1. The van der Waals surface area contributed by atoms with Crippen LogP contribution in [0.4, 0.5) is 11.6 Å². The lowest BCUT2D eigenvalue weighted by molar-refractivity contribution is -0.117. The Labute approximate surface area is 177 Å². The fourth-order valence-corrected chi connectivity index (χ4v) is 5.16. The molecule has 3 heterocycles. The lowest BCUT2D eigenvalue weighted by Gasteiger charge is -2.46. The molecule has 3 aliphatic rings. The van der Waals surface area contributed by atoms with Crippen molar-refractivity contribution in [3.63, 3.8) is 0 Å². The molecule has 3 atom stereocenters. The van der Waals surface area contributed by atoms with E-state index in [1.807, 2.05) is 6.07 Å². The van der Waals surface area contributed by atoms with Crippen LogP contribution >= 0.6 is 0 Å². The lowest BCUT2D eigenvalue weighted by atomic mass is 9.79. The van der Waals surface area contributed by atoms with Crippen molar-refractivity contribution in [1.29, 1.82) is 0 Å². The van der Waals surface area contributed by atoms with E-state index < -0.39 is 0 Å². The zero-order valence-electron chi connectivity index (χ0n) is 17.6. The number of nitrogens with zero attached hydrogens (tertiary/aromatic N) is 3. The van der Waals surface area contributed by atoms with Gasteiger partial charge in [0, 0.05) is 43.5 Å². The minimum atomic E-state index is 0.0610. The first-order valence-electron chi connectivity index (χ1n) is 11.0. The van der Waals surface area contributed by atoms with E-state index in [2.05, 4.69) is 56.7 Å². The maximum atomic E-state index is 12.8. The van der Waals surface area contributed by atoms with Gasteiger partial charge in [0.2, 0.25) is 11.9 Å². The van der Waals surface area contributed by atoms with E-state index in [4.69, 9.17) is 0 Å². The van der Waals surface area contributed by atoms with Gasteiger partial charge in [-0.3, -0.25) is 4.79 Å². The van der Waals surface area contributed by atoms with E-state index in [0.717, 1.165) is 25.2 Å². The zero-order chi connectivity index (χ0) is 20.7. The highest BCUT2D eigenvalue weighted by molar-refractivity contribution is 5.94. The van der Waals surface area contributed by atoms with Crippen molar-refractivity contribution in [3.05, 3.63) is 53.9 Å². The van der Waals surface area contributed by atoms with Gasteiger partial charge in [0.15, 0.2) is 0 Å². The first-order valence-corrected chi connectivity index (χ1v) is 11.0. The van der Waals surface area contributed by atoms with E-state index in [1.165, 1.54) is 29.5 Å². The Morgan fingerprint density at radius 2 is 2.03 bits per heavy atom. The van der Waals surface area contributed by atoms with Crippen LogP contribution in [0.15, 0.2) is 42.7 Å². The van der Waals surface area contributed by atoms with Gasteiger partial charge in [0.25, 0.3) is 0 Å². The summed E-state index contributed by atoms with van der Waals surface area (Å²) in [6.07, 6.45) is 9.22. The molecule has 1 aromatic heterocycles.